The Kier molecular flexibility index (Phi) is 7.11. The average molecular weight is 528 g/mol. The predicted molar refractivity (Wildman–Crippen MR) is 143 cm³/mol. The maximum absolute atomic E-state index is 15.9. The summed E-state index contributed by atoms with van der Waals surface area (Å²) >= 11 is 6.16. The fourth-order valence-corrected chi connectivity index (χ4v) is 5.18. The first-order valence-corrected chi connectivity index (χ1v) is 12.8. The largest absolute Gasteiger partial charge is 0.506 e. The van der Waals surface area contributed by atoms with Gasteiger partial charge in [-0.05, 0) is 39.0 Å². The number of ether oxygens (including phenoxy) is 2. The highest BCUT2D eigenvalue weighted by Crippen LogP contribution is 2.45. The molecule has 2 aromatic heterocycles. The number of H-pyrrole nitrogens is 1. The number of pyridine rings is 1. The molecule has 0 radical (unpaired) electrons. The molecule has 8 nitrogen and oxygen atoms in total. The Morgan fingerprint density at radius 1 is 1.14 bits per heavy atom. The van der Waals surface area contributed by atoms with Crippen LogP contribution in [0, 0.1) is 12.7 Å². The van der Waals surface area contributed by atoms with Gasteiger partial charge in [-0.1, -0.05) is 11.6 Å². The number of fused-ring (bicyclic) bond motifs is 3. The number of piperazine rings is 1. The van der Waals surface area contributed by atoms with Crippen LogP contribution >= 0.6 is 11.6 Å². The lowest BCUT2D eigenvalue weighted by molar-refractivity contribution is 0.0967. The van der Waals surface area contributed by atoms with Gasteiger partial charge in [-0.3, -0.25) is 14.9 Å². The van der Waals surface area contributed by atoms with E-state index in [1.807, 2.05) is 6.92 Å². The van der Waals surface area contributed by atoms with Crippen LogP contribution in [-0.4, -0.2) is 82.6 Å². The molecule has 5 rings (SSSR count). The zero-order valence-corrected chi connectivity index (χ0v) is 22.2. The third kappa shape index (κ3) is 4.79. The van der Waals surface area contributed by atoms with E-state index in [1.165, 1.54) is 12.1 Å². The van der Waals surface area contributed by atoms with Crippen LogP contribution < -0.4 is 9.47 Å². The van der Waals surface area contributed by atoms with E-state index in [2.05, 4.69) is 38.8 Å². The van der Waals surface area contributed by atoms with Crippen LogP contribution in [0.2, 0.25) is 5.02 Å². The number of aromatic nitrogens is 3. The van der Waals surface area contributed by atoms with Gasteiger partial charge in [0.15, 0.2) is 17.1 Å². The van der Waals surface area contributed by atoms with Crippen molar-refractivity contribution in [3.8, 4) is 28.5 Å². The Morgan fingerprint density at radius 2 is 1.89 bits per heavy atom. The molecule has 0 bridgehead atoms. The van der Waals surface area contributed by atoms with Crippen LogP contribution in [0.1, 0.15) is 19.5 Å². The third-order valence-electron chi connectivity index (χ3n) is 7.06. The van der Waals surface area contributed by atoms with Gasteiger partial charge in [-0.2, -0.15) is 5.10 Å². The lowest BCUT2D eigenvalue weighted by Gasteiger charge is -2.36. The highest BCUT2D eigenvalue weighted by atomic mass is 35.5. The molecule has 10 heteroatoms. The molecule has 0 spiro atoms. The van der Waals surface area contributed by atoms with E-state index in [-0.39, 0.29) is 16.2 Å². The van der Waals surface area contributed by atoms with E-state index >= 15 is 4.39 Å². The number of phenolic OH excluding ortho intramolecular Hbond substituents is 1. The minimum atomic E-state index is -0.495. The molecular weight excluding hydrogens is 497 g/mol. The normalized spacial score (nSPS) is 15.2. The third-order valence-corrected chi connectivity index (χ3v) is 7.36. The van der Waals surface area contributed by atoms with E-state index < -0.39 is 5.82 Å². The number of nitrogens with zero attached hydrogens (tertiary/aromatic N) is 4. The zero-order chi connectivity index (χ0) is 26.3. The molecule has 196 valence electrons. The van der Waals surface area contributed by atoms with Crippen molar-refractivity contribution in [2.24, 2.45) is 0 Å². The van der Waals surface area contributed by atoms with Crippen LogP contribution in [0.25, 0.3) is 33.1 Å². The van der Waals surface area contributed by atoms with Crippen LogP contribution in [-0.2, 0) is 0 Å². The number of rotatable bonds is 7. The number of hydrogen-bond donors (Lipinski definition) is 2. The van der Waals surface area contributed by atoms with Crippen LogP contribution in [0.3, 0.4) is 0 Å². The lowest BCUT2D eigenvalue weighted by atomic mass is 9.99. The Morgan fingerprint density at radius 3 is 2.57 bits per heavy atom. The van der Waals surface area contributed by atoms with Crippen molar-refractivity contribution in [3.05, 3.63) is 40.8 Å². The summed E-state index contributed by atoms with van der Waals surface area (Å²) in [6.07, 6.45) is 0. The molecule has 1 saturated heterocycles. The summed E-state index contributed by atoms with van der Waals surface area (Å²) in [5.74, 6) is 0.191. The van der Waals surface area contributed by atoms with Crippen molar-refractivity contribution in [1.82, 2.24) is 25.0 Å². The number of methoxy groups -OCH3 is 1. The highest BCUT2D eigenvalue weighted by Gasteiger charge is 2.25. The fraction of sp³-hybridized carbons (Fsp3) is 0.407. The molecule has 2 N–H and O–H groups in total. The van der Waals surface area contributed by atoms with E-state index in [9.17, 15) is 5.11 Å². The van der Waals surface area contributed by atoms with Gasteiger partial charge < -0.3 is 14.6 Å². The number of hydrogen-bond acceptors (Lipinski definition) is 7. The molecule has 0 unspecified atom stereocenters. The molecule has 2 aromatic carbocycles. The van der Waals surface area contributed by atoms with Crippen LogP contribution in [0.5, 0.6) is 17.2 Å². The molecule has 0 aliphatic carbocycles. The van der Waals surface area contributed by atoms with Gasteiger partial charge in [0, 0.05) is 66.9 Å². The van der Waals surface area contributed by atoms with Gasteiger partial charge >= 0.3 is 0 Å². The van der Waals surface area contributed by atoms with Gasteiger partial charge in [-0.15, -0.1) is 0 Å². The second-order valence-corrected chi connectivity index (χ2v) is 10.0. The Hall–Kier alpha value is -3.14. The monoisotopic (exact) mass is 527 g/mol. The first-order chi connectivity index (χ1) is 17.8. The standard InChI is InChI=1S/C27H31ClFN5O3/c1-15(2)34-9-7-33(8-10-34)11-12-37-21-14-19(29)23-24(26(21)36-4)22-16(3)31-32-27(22)30-25(23)17-5-6-20(35)18(28)13-17/h5-6,13-15,35H,7-12H2,1-4H3,(H,30,31,32). The van der Waals surface area contributed by atoms with Crippen molar-refractivity contribution < 1.29 is 19.0 Å². The van der Waals surface area contributed by atoms with E-state index in [1.54, 1.807) is 19.2 Å². The number of nitrogens with one attached hydrogen (secondary N) is 1. The van der Waals surface area contributed by atoms with E-state index in [4.69, 9.17) is 21.1 Å². The van der Waals surface area contributed by atoms with Crippen molar-refractivity contribution >= 4 is 33.4 Å². The summed E-state index contributed by atoms with van der Waals surface area (Å²) in [5, 5.41) is 18.8. The fourth-order valence-electron chi connectivity index (χ4n) is 5.00. The van der Waals surface area contributed by atoms with Crippen LogP contribution in [0.15, 0.2) is 24.3 Å². The molecule has 0 atom stereocenters. The Labute approximate surface area is 219 Å². The second-order valence-electron chi connectivity index (χ2n) is 9.63. The quantitative estimate of drug-likeness (QED) is 0.350. The summed E-state index contributed by atoms with van der Waals surface area (Å²) in [6, 6.07) is 6.55. The van der Waals surface area contributed by atoms with Gasteiger partial charge in [0.2, 0.25) is 0 Å². The van der Waals surface area contributed by atoms with Crippen molar-refractivity contribution in [3.63, 3.8) is 0 Å². The van der Waals surface area contributed by atoms with Crippen molar-refractivity contribution in [2.75, 3.05) is 46.4 Å². The molecule has 1 aliphatic heterocycles. The summed E-state index contributed by atoms with van der Waals surface area (Å²) < 4.78 is 27.8. The summed E-state index contributed by atoms with van der Waals surface area (Å²) in [7, 11) is 1.55. The number of aromatic amines is 1. The molecular formula is C27H31ClFN5O3. The Balaban J connectivity index is 1.53. The van der Waals surface area contributed by atoms with Gasteiger partial charge in [0.1, 0.15) is 18.2 Å². The molecule has 4 aromatic rings. The van der Waals surface area contributed by atoms with E-state index in [0.29, 0.717) is 51.8 Å². The maximum atomic E-state index is 15.9. The number of benzene rings is 2. The maximum Gasteiger partial charge on any atom is 0.182 e. The molecule has 1 fully saturated rings. The minimum absolute atomic E-state index is 0.0641. The SMILES string of the molecule is COc1c(OCCN2CCN(C(C)C)CC2)cc(F)c2c(-c3ccc(O)c(Cl)c3)nc3n[nH]c(C)c3c12. The van der Waals surface area contributed by atoms with Gasteiger partial charge in [0.25, 0.3) is 0 Å². The smallest absolute Gasteiger partial charge is 0.182 e. The number of phenols is 1. The topological polar surface area (TPSA) is 86.7 Å². The molecule has 0 amide bonds. The zero-order valence-electron chi connectivity index (χ0n) is 21.4. The number of halogens is 2. The first-order valence-electron chi connectivity index (χ1n) is 12.4. The summed E-state index contributed by atoms with van der Waals surface area (Å²) in [5.41, 5.74) is 2.05. The second kappa shape index (κ2) is 10.3. The van der Waals surface area contributed by atoms with Gasteiger partial charge in [-0.25, -0.2) is 9.37 Å². The van der Waals surface area contributed by atoms with Gasteiger partial charge in [0.05, 0.1) is 23.2 Å². The average Bonchev–Trinajstić information content (AvgIpc) is 3.26. The van der Waals surface area contributed by atoms with Crippen LogP contribution in [0.4, 0.5) is 4.39 Å². The molecule has 1 aliphatic rings. The number of aryl methyl sites for hydroxylation is 1. The summed E-state index contributed by atoms with van der Waals surface area (Å²) in [4.78, 5) is 9.46. The first kappa shape index (κ1) is 25.5. The van der Waals surface area contributed by atoms with Crippen molar-refractivity contribution in [2.45, 2.75) is 26.8 Å². The minimum Gasteiger partial charge on any atom is -0.506 e. The summed E-state index contributed by atoms with van der Waals surface area (Å²) in [6.45, 7) is 11.4. The molecule has 0 saturated carbocycles. The predicted octanol–water partition coefficient (Wildman–Crippen LogP) is 5.00. The number of aromatic hydroxyl groups is 1. The molecule has 3 heterocycles. The van der Waals surface area contributed by atoms with E-state index in [0.717, 1.165) is 38.4 Å². The highest BCUT2D eigenvalue weighted by molar-refractivity contribution is 6.32. The molecule has 37 heavy (non-hydrogen) atoms. The van der Waals surface area contributed by atoms with Crippen molar-refractivity contribution in [1.29, 1.82) is 0 Å². The lowest BCUT2D eigenvalue weighted by Crippen LogP contribution is -2.49. The Bertz CT molecular complexity index is 1450.